The second-order valence-corrected chi connectivity index (χ2v) is 6.10. The Bertz CT molecular complexity index is 761. The third-order valence-corrected chi connectivity index (χ3v) is 4.02. The zero-order chi connectivity index (χ0) is 18.2. The molecule has 2 N–H and O–H groups in total. The molecule has 0 atom stereocenters. The molecule has 0 saturated carbocycles. The Morgan fingerprint density at radius 2 is 1.84 bits per heavy atom. The van der Waals surface area contributed by atoms with E-state index in [1.807, 2.05) is 31.2 Å². The Kier molecular flexibility index (Phi) is 6.82. The second kappa shape index (κ2) is 9.08. The predicted molar refractivity (Wildman–Crippen MR) is 103 cm³/mol. The SMILES string of the molecule is COc1cc(OC)c(/C=N/NC(=O)CNc2ccc(C)cc2)cc1Br. The van der Waals surface area contributed by atoms with Gasteiger partial charge in [-0.15, -0.1) is 0 Å². The number of rotatable bonds is 7. The summed E-state index contributed by atoms with van der Waals surface area (Å²) in [5.74, 6) is 1.000. The van der Waals surface area contributed by atoms with Crippen LogP contribution < -0.4 is 20.2 Å². The molecule has 0 fully saturated rings. The minimum absolute atomic E-state index is 0.129. The number of nitrogens with zero attached hydrogens (tertiary/aromatic N) is 1. The molecule has 0 heterocycles. The molecule has 2 aromatic carbocycles. The van der Waals surface area contributed by atoms with Gasteiger partial charge in [0.2, 0.25) is 0 Å². The van der Waals surface area contributed by atoms with E-state index in [-0.39, 0.29) is 12.5 Å². The monoisotopic (exact) mass is 405 g/mol. The summed E-state index contributed by atoms with van der Waals surface area (Å²) in [4.78, 5) is 11.8. The number of halogens is 1. The normalized spacial score (nSPS) is 10.6. The van der Waals surface area contributed by atoms with Crippen LogP contribution in [0.4, 0.5) is 5.69 Å². The molecule has 2 rings (SSSR count). The van der Waals surface area contributed by atoms with Gasteiger partial charge in [0.15, 0.2) is 0 Å². The van der Waals surface area contributed by atoms with E-state index in [2.05, 4.69) is 31.8 Å². The van der Waals surface area contributed by atoms with Crippen molar-refractivity contribution in [3.8, 4) is 11.5 Å². The summed E-state index contributed by atoms with van der Waals surface area (Å²) < 4.78 is 11.3. The minimum Gasteiger partial charge on any atom is -0.496 e. The molecular formula is C18H20BrN3O3. The number of hydrazone groups is 1. The van der Waals surface area contributed by atoms with Crippen molar-refractivity contribution in [3.05, 3.63) is 52.0 Å². The van der Waals surface area contributed by atoms with Gasteiger partial charge in [-0.25, -0.2) is 5.43 Å². The molecule has 0 aliphatic rings. The number of nitrogens with one attached hydrogen (secondary N) is 2. The number of hydrogen-bond acceptors (Lipinski definition) is 5. The Morgan fingerprint density at radius 1 is 1.16 bits per heavy atom. The summed E-state index contributed by atoms with van der Waals surface area (Å²) in [5.41, 5.74) is 5.23. The van der Waals surface area contributed by atoms with E-state index in [4.69, 9.17) is 9.47 Å². The molecular weight excluding hydrogens is 386 g/mol. The highest BCUT2D eigenvalue weighted by molar-refractivity contribution is 9.10. The van der Waals surface area contributed by atoms with Gasteiger partial charge >= 0.3 is 0 Å². The first kappa shape index (κ1) is 18.8. The first-order valence-electron chi connectivity index (χ1n) is 7.57. The van der Waals surface area contributed by atoms with Crippen LogP contribution in [-0.4, -0.2) is 32.9 Å². The lowest BCUT2D eigenvalue weighted by Crippen LogP contribution is -2.25. The van der Waals surface area contributed by atoms with Gasteiger partial charge in [0.1, 0.15) is 11.5 Å². The standard InChI is InChI=1S/C18H20BrN3O3/c1-12-4-6-14(7-5-12)20-11-18(23)22-21-10-13-8-15(19)17(25-3)9-16(13)24-2/h4-10,20H,11H2,1-3H3,(H,22,23)/b21-10+. The smallest absolute Gasteiger partial charge is 0.259 e. The highest BCUT2D eigenvalue weighted by Gasteiger charge is 2.08. The summed E-state index contributed by atoms with van der Waals surface area (Å²) in [7, 11) is 3.14. The van der Waals surface area contributed by atoms with Crippen LogP contribution in [0.1, 0.15) is 11.1 Å². The number of aryl methyl sites for hydroxylation is 1. The number of carbonyl (C=O) groups excluding carboxylic acids is 1. The fourth-order valence-corrected chi connectivity index (χ4v) is 2.57. The Balaban J connectivity index is 1.92. The average molecular weight is 406 g/mol. The zero-order valence-electron chi connectivity index (χ0n) is 14.3. The third-order valence-electron chi connectivity index (χ3n) is 3.40. The molecule has 7 heteroatoms. The van der Waals surface area contributed by atoms with E-state index in [1.165, 1.54) is 11.8 Å². The van der Waals surface area contributed by atoms with Crippen LogP contribution in [0.25, 0.3) is 0 Å². The van der Waals surface area contributed by atoms with Crippen molar-refractivity contribution in [2.45, 2.75) is 6.92 Å². The Morgan fingerprint density at radius 3 is 2.48 bits per heavy atom. The molecule has 0 spiro atoms. The van der Waals surface area contributed by atoms with E-state index < -0.39 is 0 Å². The highest BCUT2D eigenvalue weighted by Crippen LogP contribution is 2.31. The summed E-state index contributed by atoms with van der Waals surface area (Å²) in [6.07, 6.45) is 1.52. The summed E-state index contributed by atoms with van der Waals surface area (Å²) in [6.45, 7) is 2.14. The van der Waals surface area contributed by atoms with Crippen LogP contribution in [0.3, 0.4) is 0 Å². The number of hydrogen-bond donors (Lipinski definition) is 2. The molecule has 0 saturated heterocycles. The van der Waals surface area contributed by atoms with Crippen LogP contribution >= 0.6 is 15.9 Å². The predicted octanol–water partition coefficient (Wildman–Crippen LogP) is 3.34. The van der Waals surface area contributed by atoms with Crippen LogP contribution in [0.15, 0.2) is 46.0 Å². The van der Waals surface area contributed by atoms with Crippen molar-refractivity contribution in [2.24, 2.45) is 5.10 Å². The van der Waals surface area contributed by atoms with Crippen molar-refractivity contribution in [3.63, 3.8) is 0 Å². The minimum atomic E-state index is -0.247. The lowest BCUT2D eigenvalue weighted by Gasteiger charge is -2.09. The maximum Gasteiger partial charge on any atom is 0.259 e. The lowest BCUT2D eigenvalue weighted by atomic mass is 10.2. The fourth-order valence-electron chi connectivity index (χ4n) is 2.05. The van der Waals surface area contributed by atoms with Gasteiger partial charge in [0.05, 0.1) is 31.5 Å². The van der Waals surface area contributed by atoms with Gasteiger partial charge in [0, 0.05) is 17.3 Å². The molecule has 0 aliphatic heterocycles. The van der Waals surface area contributed by atoms with E-state index in [9.17, 15) is 4.79 Å². The van der Waals surface area contributed by atoms with E-state index in [0.717, 1.165) is 10.2 Å². The maximum absolute atomic E-state index is 11.8. The van der Waals surface area contributed by atoms with Crippen LogP contribution in [0.5, 0.6) is 11.5 Å². The van der Waals surface area contributed by atoms with Crippen LogP contribution in [-0.2, 0) is 4.79 Å². The second-order valence-electron chi connectivity index (χ2n) is 5.24. The number of anilines is 1. The van der Waals surface area contributed by atoms with Crippen molar-refractivity contribution < 1.29 is 14.3 Å². The van der Waals surface area contributed by atoms with E-state index in [1.54, 1.807) is 26.4 Å². The quantitative estimate of drug-likeness (QED) is 0.547. The number of methoxy groups -OCH3 is 2. The number of amides is 1. The van der Waals surface area contributed by atoms with Gasteiger partial charge in [-0.2, -0.15) is 5.10 Å². The molecule has 1 amide bonds. The van der Waals surface area contributed by atoms with Crippen molar-refractivity contribution in [1.29, 1.82) is 0 Å². The molecule has 0 radical (unpaired) electrons. The van der Waals surface area contributed by atoms with Crippen LogP contribution in [0, 0.1) is 6.92 Å². The molecule has 6 nitrogen and oxygen atoms in total. The van der Waals surface area contributed by atoms with Gasteiger partial charge in [0.25, 0.3) is 5.91 Å². The largest absolute Gasteiger partial charge is 0.496 e. The Labute approximate surface area is 155 Å². The average Bonchev–Trinajstić information content (AvgIpc) is 2.61. The number of benzene rings is 2. The summed E-state index contributed by atoms with van der Waals surface area (Å²) in [6, 6.07) is 11.3. The molecule has 25 heavy (non-hydrogen) atoms. The first-order valence-corrected chi connectivity index (χ1v) is 8.36. The Hall–Kier alpha value is -2.54. The molecule has 0 aliphatic carbocycles. The van der Waals surface area contributed by atoms with Gasteiger partial charge in [-0.1, -0.05) is 17.7 Å². The summed E-state index contributed by atoms with van der Waals surface area (Å²) >= 11 is 3.41. The maximum atomic E-state index is 11.8. The zero-order valence-corrected chi connectivity index (χ0v) is 15.9. The molecule has 0 bridgehead atoms. The van der Waals surface area contributed by atoms with Crippen molar-refractivity contribution in [2.75, 3.05) is 26.1 Å². The lowest BCUT2D eigenvalue weighted by molar-refractivity contribution is -0.119. The van der Waals surface area contributed by atoms with Crippen molar-refractivity contribution >= 4 is 33.7 Å². The van der Waals surface area contributed by atoms with Gasteiger partial charge in [-0.3, -0.25) is 4.79 Å². The van der Waals surface area contributed by atoms with Crippen molar-refractivity contribution in [1.82, 2.24) is 5.43 Å². The molecule has 2 aromatic rings. The molecule has 0 aromatic heterocycles. The third kappa shape index (κ3) is 5.49. The topological polar surface area (TPSA) is 72.0 Å². The van der Waals surface area contributed by atoms with Gasteiger partial charge < -0.3 is 14.8 Å². The van der Waals surface area contributed by atoms with E-state index in [0.29, 0.717) is 17.1 Å². The summed E-state index contributed by atoms with van der Waals surface area (Å²) in [5, 5.41) is 7.00. The highest BCUT2D eigenvalue weighted by atomic mass is 79.9. The number of ether oxygens (including phenoxy) is 2. The van der Waals surface area contributed by atoms with Crippen LogP contribution in [0.2, 0.25) is 0 Å². The number of carbonyl (C=O) groups is 1. The van der Waals surface area contributed by atoms with E-state index >= 15 is 0 Å². The molecule has 0 unspecified atom stereocenters. The van der Waals surface area contributed by atoms with Gasteiger partial charge in [-0.05, 0) is 41.1 Å². The molecule has 132 valence electrons. The first-order chi connectivity index (χ1) is 12.0. The fraction of sp³-hybridized carbons (Fsp3) is 0.222.